The van der Waals surface area contributed by atoms with Gasteiger partial charge in [-0.2, -0.15) is 13.2 Å². The van der Waals surface area contributed by atoms with Gasteiger partial charge in [0, 0.05) is 5.39 Å². The van der Waals surface area contributed by atoms with E-state index in [0.717, 1.165) is 18.9 Å². The number of hydrogen-bond acceptors (Lipinski definition) is 2. The van der Waals surface area contributed by atoms with Crippen LogP contribution in [0.1, 0.15) is 45.9 Å². The van der Waals surface area contributed by atoms with Crippen molar-refractivity contribution < 1.29 is 18.0 Å². The van der Waals surface area contributed by atoms with Gasteiger partial charge in [-0.25, -0.2) is 4.98 Å². The molecule has 1 aromatic heterocycles. The van der Waals surface area contributed by atoms with E-state index in [9.17, 15) is 18.0 Å². The molecule has 2 nitrogen and oxygen atoms in total. The summed E-state index contributed by atoms with van der Waals surface area (Å²) in [6, 6.07) is 4.32. The molecule has 2 aromatic rings. The SMILES string of the molecule is Cc1cc(C(=O)Cl)nc2c(C(F)(F)F)cc(C3CC3)cc12. The lowest BCUT2D eigenvalue weighted by atomic mass is 9.98. The van der Waals surface area contributed by atoms with Gasteiger partial charge in [-0.3, -0.25) is 4.79 Å². The number of halogens is 4. The van der Waals surface area contributed by atoms with Crippen LogP contribution in [0.2, 0.25) is 0 Å². The van der Waals surface area contributed by atoms with Crippen LogP contribution in [0.5, 0.6) is 0 Å². The number of carbonyl (C=O) groups excluding carboxylic acids is 1. The Balaban J connectivity index is 2.36. The van der Waals surface area contributed by atoms with E-state index in [-0.39, 0.29) is 17.1 Å². The van der Waals surface area contributed by atoms with Gasteiger partial charge in [0.1, 0.15) is 5.69 Å². The molecular weight excluding hydrogens is 303 g/mol. The van der Waals surface area contributed by atoms with Crippen LogP contribution in [-0.4, -0.2) is 10.2 Å². The van der Waals surface area contributed by atoms with E-state index in [1.807, 2.05) is 0 Å². The Bertz CT molecular complexity index is 751. The first kappa shape index (κ1) is 14.3. The van der Waals surface area contributed by atoms with Crippen molar-refractivity contribution >= 4 is 27.7 Å². The molecule has 0 bridgehead atoms. The third kappa shape index (κ3) is 2.62. The highest BCUT2D eigenvalue weighted by Gasteiger charge is 2.36. The summed E-state index contributed by atoms with van der Waals surface area (Å²) in [4.78, 5) is 15.0. The lowest BCUT2D eigenvalue weighted by Crippen LogP contribution is -2.09. The van der Waals surface area contributed by atoms with Crippen molar-refractivity contribution in [3.8, 4) is 0 Å². The van der Waals surface area contributed by atoms with E-state index in [4.69, 9.17) is 11.6 Å². The molecule has 1 aliphatic rings. The molecular formula is C15H11ClF3NO. The molecule has 1 heterocycles. The third-order valence-corrected chi connectivity index (χ3v) is 3.89. The van der Waals surface area contributed by atoms with Crippen LogP contribution in [0.25, 0.3) is 10.9 Å². The Morgan fingerprint density at radius 2 is 1.95 bits per heavy atom. The lowest BCUT2D eigenvalue weighted by molar-refractivity contribution is -0.136. The quantitative estimate of drug-likeness (QED) is 0.744. The number of pyridine rings is 1. The Kier molecular flexibility index (Phi) is 3.20. The number of rotatable bonds is 2. The second-order valence-electron chi connectivity index (χ2n) is 5.33. The molecule has 0 radical (unpaired) electrons. The summed E-state index contributed by atoms with van der Waals surface area (Å²) in [5.74, 6) is 0.198. The van der Waals surface area contributed by atoms with E-state index in [1.165, 1.54) is 6.07 Å². The summed E-state index contributed by atoms with van der Waals surface area (Å²) in [5, 5.41) is -0.437. The largest absolute Gasteiger partial charge is 0.418 e. The third-order valence-electron chi connectivity index (χ3n) is 3.70. The molecule has 0 N–H and O–H groups in total. The molecule has 1 fully saturated rings. The minimum Gasteiger partial charge on any atom is -0.274 e. The maximum Gasteiger partial charge on any atom is 0.418 e. The van der Waals surface area contributed by atoms with E-state index in [1.54, 1.807) is 13.0 Å². The number of carbonyl (C=O) groups is 1. The molecule has 6 heteroatoms. The number of aryl methyl sites for hydroxylation is 1. The number of fused-ring (bicyclic) bond motifs is 1. The minimum absolute atomic E-state index is 0.161. The van der Waals surface area contributed by atoms with E-state index in [0.29, 0.717) is 16.5 Å². The normalized spacial score (nSPS) is 15.5. The molecule has 0 amide bonds. The first-order chi connectivity index (χ1) is 9.77. The number of hydrogen-bond donors (Lipinski definition) is 0. The number of aromatic nitrogens is 1. The zero-order chi connectivity index (χ0) is 15.4. The predicted molar refractivity (Wildman–Crippen MR) is 73.6 cm³/mol. The first-order valence-electron chi connectivity index (χ1n) is 6.49. The fraction of sp³-hybridized carbons (Fsp3) is 0.333. The van der Waals surface area contributed by atoms with Gasteiger partial charge < -0.3 is 0 Å². The molecule has 3 rings (SSSR count). The van der Waals surface area contributed by atoms with E-state index < -0.39 is 17.0 Å². The standard InChI is InChI=1S/C15H11ClF3NO/c1-7-4-12(14(16)21)20-13-10(7)5-9(8-2-3-8)6-11(13)15(17,18)19/h4-6,8H,2-3H2,1H3. The minimum atomic E-state index is -4.52. The highest BCUT2D eigenvalue weighted by molar-refractivity contribution is 6.67. The molecule has 0 spiro atoms. The van der Waals surface area contributed by atoms with Crippen LogP contribution in [0.4, 0.5) is 13.2 Å². The summed E-state index contributed by atoms with van der Waals surface area (Å²) in [7, 11) is 0. The maximum absolute atomic E-state index is 13.3. The van der Waals surface area contributed by atoms with Crippen molar-refractivity contribution in [3.05, 3.63) is 40.6 Å². The van der Waals surface area contributed by atoms with Gasteiger partial charge in [-0.05, 0) is 66.6 Å². The summed E-state index contributed by atoms with van der Waals surface area (Å²) in [5.41, 5.74) is 0.0775. The Morgan fingerprint density at radius 1 is 1.29 bits per heavy atom. The molecule has 110 valence electrons. The summed E-state index contributed by atoms with van der Waals surface area (Å²) in [6.07, 6.45) is -2.70. The smallest absolute Gasteiger partial charge is 0.274 e. The van der Waals surface area contributed by atoms with Gasteiger partial charge in [0.25, 0.3) is 5.24 Å². The predicted octanol–water partition coefficient (Wildman–Crippen LogP) is 4.82. The van der Waals surface area contributed by atoms with Gasteiger partial charge in [0.05, 0.1) is 11.1 Å². The van der Waals surface area contributed by atoms with Gasteiger partial charge in [-0.15, -0.1) is 0 Å². The van der Waals surface area contributed by atoms with Crippen molar-refractivity contribution in [2.45, 2.75) is 31.9 Å². The Morgan fingerprint density at radius 3 is 2.48 bits per heavy atom. The second kappa shape index (κ2) is 4.70. The van der Waals surface area contributed by atoms with Gasteiger partial charge in [-0.1, -0.05) is 0 Å². The summed E-state index contributed by atoms with van der Waals surface area (Å²) >= 11 is 5.35. The molecule has 21 heavy (non-hydrogen) atoms. The van der Waals surface area contributed by atoms with Gasteiger partial charge >= 0.3 is 6.18 Å². The zero-order valence-electron chi connectivity index (χ0n) is 11.1. The number of nitrogens with zero attached hydrogens (tertiary/aromatic N) is 1. The second-order valence-corrected chi connectivity index (χ2v) is 5.68. The zero-order valence-corrected chi connectivity index (χ0v) is 11.8. The molecule has 1 aliphatic carbocycles. The monoisotopic (exact) mass is 313 g/mol. The fourth-order valence-electron chi connectivity index (χ4n) is 2.48. The molecule has 0 aliphatic heterocycles. The highest BCUT2D eigenvalue weighted by Crippen LogP contribution is 2.44. The van der Waals surface area contributed by atoms with Crippen molar-refractivity contribution in [1.29, 1.82) is 0 Å². The van der Waals surface area contributed by atoms with Crippen LogP contribution in [0.3, 0.4) is 0 Å². The van der Waals surface area contributed by atoms with Crippen molar-refractivity contribution in [3.63, 3.8) is 0 Å². The molecule has 1 aromatic carbocycles. The average Bonchev–Trinajstić information content (AvgIpc) is 3.20. The first-order valence-corrected chi connectivity index (χ1v) is 6.87. The lowest BCUT2D eigenvalue weighted by Gasteiger charge is -2.14. The highest BCUT2D eigenvalue weighted by atomic mass is 35.5. The molecule has 0 saturated heterocycles. The van der Waals surface area contributed by atoms with Crippen LogP contribution < -0.4 is 0 Å². The van der Waals surface area contributed by atoms with Crippen LogP contribution in [0, 0.1) is 6.92 Å². The Hall–Kier alpha value is -1.62. The van der Waals surface area contributed by atoms with Crippen molar-refractivity contribution in [2.75, 3.05) is 0 Å². The fourth-order valence-corrected chi connectivity index (χ4v) is 2.58. The topological polar surface area (TPSA) is 30.0 Å². The summed E-state index contributed by atoms with van der Waals surface area (Å²) < 4.78 is 39.9. The van der Waals surface area contributed by atoms with E-state index in [2.05, 4.69) is 4.98 Å². The van der Waals surface area contributed by atoms with Gasteiger partial charge in [0.2, 0.25) is 0 Å². The van der Waals surface area contributed by atoms with Crippen LogP contribution in [0.15, 0.2) is 18.2 Å². The number of alkyl halides is 3. The van der Waals surface area contributed by atoms with Crippen molar-refractivity contribution in [2.24, 2.45) is 0 Å². The summed E-state index contributed by atoms with van der Waals surface area (Å²) in [6.45, 7) is 1.66. The average molecular weight is 314 g/mol. The van der Waals surface area contributed by atoms with Crippen LogP contribution in [-0.2, 0) is 6.18 Å². The van der Waals surface area contributed by atoms with Crippen molar-refractivity contribution in [1.82, 2.24) is 4.98 Å². The molecule has 0 atom stereocenters. The number of benzene rings is 1. The van der Waals surface area contributed by atoms with E-state index >= 15 is 0 Å². The maximum atomic E-state index is 13.3. The molecule has 1 saturated carbocycles. The van der Waals surface area contributed by atoms with Gasteiger partial charge in [0.15, 0.2) is 0 Å². The molecule has 0 unspecified atom stereocenters. The Labute approximate surface area is 123 Å². The van der Waals surface area contributed by atoms with Crippen LogP contribution >= 0.6 is 11.6 Å².